The first-order valence-corrected chi connectivity index (χ1v) is 9.30. The number of morpholine rings is 1. The van der Waals surface area contributed by atoms with Crippen molar-refractivity contribution in [2.24, 2.45) is 0 Å². The van der Waals surface area contributed by atoms with E-state index in [1.54, 1.807) is 0 Å². The van der Waals surface area contributed by atoms with E-state index in [-0.39, 0.29) is 12.2 Å². The molecule has 1 aliphatic heterocycles. The van der Waals surface area contributed by atoms with E-state index in [1.807, 2.05) is 12.1 Å². The highest BCUT2D eigenvalue weighted by Gasteiger charge is 2.23. The van der Waals surface area contributed by atoms with Gasteiger partial charge in [-0.1, -0.05) is 26.0 Å². The van der Waals surface area contributed by atoms with Crippen LogP contribution >= 0.6 is 0 Å². The smallest absolute Gasteiger partial charge is 0.119 e. The van der Waals surface area contributed by atoms with Crippen LogP contribution in [0.3, 0.4) is 0 Å². The Morgan fingerprint density at radius 1 is 1.12 bits per heavy atom. The van der Waals surface area contributed by atoms with Crippen molar-refractivity contribution in [2.75, 3.05) is 39.5 Å². The highest BCUT2D eigenvalue weighted by Crippen LogP contribution is 2.18. The lowest BCUT2D eigenvalue weighted by atomic mass is 10.0. The van der Waals surface area contributed by atoms with Crippen molar-refractivity contribution in [3.63, 3.8) is 0 Å². The van der Waals surface area contributed by atoms with Gasteiger partial charge in [-0.2, -0.15) is 0 Å². The lowest BCUT2D eigenvalue weighted by Crippen LogP contribution is -2.48. The quantitative estimate of drug-likeness (QED) is 0.693. The van der Waals surface area contributed by atoms with Crippen LogP contribution in [0.4, 0.5) is 0 Å². The second-order valence-corrected chi connectivity index (χ2v) is 7.28. The summed E-state index contributed by atoms with van der Waals surface area (Å²) in [4.78, 5) is 2.24. The molecule has 5 heteroatoms. The molecule has 1 aromatic rings. The van der Waals surface area contributed by atoms with Crippen LogP contribution in [0.15, 0.2) is 24.3 Å². The summed E-state index contributed by atoms with van der Waals surface area (Å²) in [7, 11) is 0. The fourth-order valence-corrected chi connectivity index (χ4v) is 3.17. The zero-order valence-electron chi connectivity index (χ0n) is 16.0. The first kappa shape index (κ1) is 20.2. The molecule has 0 amide bonds. The van der Waals surface area contributed by atoms with Crippen molar-refractivity contribution < 1.29 is 19.3 Å². The lowest BCUT2D eigenvalue weighted by molar-refractivity contribution is -0.0824. The van der Waals surface area contributed by atoms with E-state index in [2.05, 4.69) is 44.7 Å². The third-order valence-corrected chi connectivity index (χ3v) is 4.32. The van der Waals surface area contributed by atoms with Gasteiger partial charge < -0.3 is 19.3 Å². The number of rotatable bonds is 9. The van der Waals surface area contributed by atoms with Crippen molar-refractivity contribution in [2.45, 2.75) is 51.9 Å². The second kappa shape index (κ2) is 10.1. The molecule has 1 saturated heterocycles. The zero-order valence-corrected chi connectivity index (χ0v) is 16.0. The Hall–Kier alpha value is -1.14. The Morgan fingerprint density at radius 2 is 1.76 bits per heavy atom. The SMILES string of the molecule is CC(C)c1ccc(OCCOC[C@H](O)CN2C[C@@H](C)O[C@H](C)C2)cc1. The number of β-amino-alcohol motifs (C(OH)–C–C–N with tert-alkyl or cyclic N) is 1. The number of benzene rings is 1. The monoisotopic (exact) mass is 351 g/mol. The summed E-state index contributed by atoms with van der Waals surface area (Å²) in [6.07, 6.45) is -0.0532. The normalized spacial score (nSPS) is 23.0. The topological polar surface area (TPSA) is 51.2 Å². The summed E-state index contributed by atoms with van der Waals surface area (Å²) in [5.74, 6) is 1.38. The molecule has 2 rings (SSSR count). The molecule has 142 valence electrons. The molecule has 0 spiro atoms. The maximum atomic E-state index is 10.1. The molecule has 0 unspecified atom stereocenters. The summed E-state index contributed by atoms with van der Waals surface area (Å²) in [6, 6.07) is 8.17. The number of nitrogens with zero attached hydrogens (tertiary/aromatic N) is 1. The standard InChI is InChI=1S/C20H33NO4/c1-15(2)18-5-7-20(8-6-18)24-10-9-23-14-19(22)13-21-11-16(3)25-17(4)12-21/h5-8,15-17,19,22H,9-14H2,1-4H3/t16-,17-,19-/m1/s1. The molecule has 0 aromatic heterocycles. The fraction of sp³-hybridized carbons (Fsp3) is 0.700. The Balaban J connectivity index is 1.57. The molecule has 0 aliphatic carbocycles. The zero-order chi connectivity index (χ0) is 18.2. The molecular weight excluding hydrogens is 318 g/mol. The Bertz CT molecular complexity index is 481. The summed E-state index contributed by atoms with van der Waals surface area (Å²) in [5, 5.41) is 10.1. The van der Waals surface area contributed by atoms with E-state index >= 15 is 0 Å². The molecule has 5 nitrogen and oxygen atoms in total. The van der Waals surface area contributed by atoms with Gasteiger partial charge in [-0.15, -0.1) is 0 Å². The van der Waals surface area contributed by atoms with Gasteiger partial charge in [-0.25, -0.2) is 0 Å². The highest BCUT2D eigenvalue weighted by molar-refractivity contribution is 5.28. The van der Waals surface area contributed by atoms with Crippen LogP contribution < -0.4 is 4.74 Å². The lowest BCUT2D eigenvalue weighted by Gasteiger charge is -2.36. The third kappa shape index (κ3) is 7.32. The number of hydrogen-bond donors (Lipinski definition) is 1. The van der Waals surface area contributed by atoms with Crippen LogP contribution in [0.2, 0.25) is 0 Å². The largest absolute Gasteiger partial charge is 0.491 e. The Labute approximate surface area is 151 Å². The molecule has 1 fully saturated rings. The highest BCUT2D eigenvalue weighted by atomic mass is 16.5. The molecule has 0 radical (unpaired) electrons. The Morgan fingerprint density at radius 3 is 2.36 bits per heavy atom. The molecule has 0 saturated carbocycles. The second-order valence-electron chi connectivity index (χ2n) is 7.28. The van der Waals surface area contributed by atoms with E-state index in [0.717, 1.165) is 18.8 Å². The van der Waals surface area contributed by atoms with Crippen LogP contribution in [0, 0.1) is 0 Å². The molecule has 1 heterocycles. The Kier molecular flexibility index (Phi) is 8.16. The maximum absolute atomic E-state index is 10.1. The molecule has 3 atom stereocenters. The van der Waals surface area contributed by atoms with Crippen molar-refractivity contribution in [3.05, 3.63) is 29.8 Å². The average Bonchev–Trinajstić information content (AvgIpc) is 2.54. The molecule has 25 heavy (non-hydrogen) atoms. The van der Waals surface area contributed by atoms with Gasteiger partial charge in [0.2, 0.25) is 0 Å². The van der Waals surface area contributed by atoms with Gasteiger partial charge in [0.05, 0.1) is 31.5 Å². The van der Waals surface area contributed by atoms with Crippen LogP contribution in [-0.4, -0.2) is 67.8 Å². The molecular formula is C20H33NO4. The number of ether oxygens (including phenoxy) is 3. The van der Waals surface area contributed by atoms with Gasteiger partial charge in [0, 0.05) is 19.6 Å². The minimum absolute atomic E-state index is 0.215. The number of aliphatic hydroxyl groups is 1. The minimum atomic E-state index is -0.483. The van der Waals surface area contributed by atoms with E-state index in [9.17, 15) is 5.11 Å². The number of hydrogen-bond acceptors (Lipinski definition) is 5. The maximum Gasteiger partial charge on any atom is 0.119 e. The van der Waals surface area contributed by atoms with Gasteiger partial charge in [-0.05, 0) is 37.5 Å². The van der Waals surface area contributed by atoms with Gasteiger partial charge in [0.25, 0.3) is 0 Å². The van der Waals surface area contributed by atoms with Crippen LogP contribution in [0.1, 0.15) is 39.2 Å². The van der Waals surface area contributed by atoms with E-state index in [4.69, 9.17) is 14.2 Å². The van der Waals surface area contributed by atoms with Gasteiger partial charge >= 0.3 is 0 Å². The van der Waals surface area contributed by atoms with E-state index in [0.29, 0.717) is 32.3 Å². The first-order valence-electron chi connectivity index (χ1n) is 9.30. The predicted molar refractivity (Wildman–Crippen MR) is 99.3 cm³/mol. The fourth-order valence-electron chi connectivity index (χ4n) is 3.17. The van der Waals surface area contributed by atoms with E-state index < -0.39 is 6.10 Å². The molecule has 1 N–H and O–H groups in total. The molecule has 1 aromatic carbocycles. The van der Waals surface area contributed by atoms with Crippen molar-refractivity contribution in [3.8, 4) is 5.75 Å². The van der Waals surface area contributed by atoms with Crippen LogP contribution in [0.5, 0.6) is 5.75 Å². The van der Waals surface area contributed by atoms with Crippen LogP contribution in [-0.2, 0) is 9.47 Å². The van der Waals surface area contributed by atoms with Gasteiger partial charge in [0.1, 0.15) is 12.4 Å². The van der Waals surface area contributed by atoms with Crippen LogP contribution in [0.25, 0.3) is 0 Å². The first-order chi connectivity index (χ1) is 11.9. The van der Waals surface area contributed by atoms with Gasteiger partial charge in [-0.3, -0.25) is 4.90 Å². The number of aliphatic hydroxyl groups excluding tert-OH is 1. The molecule has 1 aliphatic rings. The van der Waals surface area contributed by atoms with Crippen molar-refractivity contribution in [1.82, 2.24) is 4.90 Å². The summed E-state index contributed by atoms with van der Waals surface area (Å²) in [6.45, 7) is 12.1. The minimum Gasteiger partial charge on any atom is -0.491 e. The molecule has 0 bridgehead atoms. The van der Waals surface area contributed by atoms with E-state index in [1.165, 1.54) is 5.56 Å². The third-order valence-electron chi connectivity index (χ3n) is 4.32. The predicted octanol–water partition coefficient (Wildman–Crippen LogP) is 2.68. The summed E-state index contributed by atoms with van der Waals surface area (Å²) >= 11 is 0. The summed E-state index contributed by atoms with van der Waals surface area (Å²) in [5.41, 5.74) is 1.30. The summed E-state index contributed by atoms with van der Waals surface area (Å²) < 4.78 is 16.9. The average molecular weight is 351 g/mol. The van der Waals surface area contributed by atoms with Gasteiger partial charge in [0.15, 0.2) is 0 Å². The van der Waals surface area contributed by atoms with Crippen molar-refractivity contribution >= 4 is 0 Å². The van der Waals surface area contributed by atoms with Crippen molar-refractivity contribution in [1.29, 1.82) is 0 Å².